The van der Waals surface area contributed by atoms with Crippen LogP contribution in [-0.4, -0.2) is 12.6 Å². The summed E-state index contributed by atoms with van der Waals surface area (Å²) in [6, 6.07) is 0.639. The Labute approximate surface area is 133 Å². The van der Waals surface area contributed by atoms with E-state index < -0.39 is 0 Å². The van der Waals surface area contributed by atoms with E-state index in [1.807, 2.05) is 0 Å². The molecule has 0 aromatic carbocycles. The second-order valence-corrected chi connectivity index (χ2v) is 8.82. The third-order valence-corrected chi connectivity index (χ3v) is 6.49. The highest BCUT2D eigenvalue weighted by atomic mass is 14.9. The van der Waals surface area contributed by atoms with Gasteiger partial charge in [0, 0.05) is 6.04 Å². The van der Waals surface area contributed by atoms with Crippen LogP contribution >= 0.6 is 0 Å². The molecule has 0 saturated heterocycles. The molecule has 0 heterocycles. The molecule has 0 radical (unpaired) electrons. The molecule has 2 rings (SSSR count). The van der Waals surface area contributed by atoms with E-state index in [0.29, 0.717) is 6.04 Å². The fraction of sp³-hybridized carbons (Fsp3) is 1.00. The van der Waals surface area contributed by atoms with Crippen LogP contribution in [0, 0.1) is 35.5 Å². The Morgan fingerprint density at radius 3 is 2.14 bits per heavy atom. The van der Waals surface area contributed by atoms with Crippen LogP contribution in [0.1, 0.15) is 79.6 Å². The Kier molecular flexibility index (Phi) is 6.59. The molecule has 21 heavy (non-hydrogen) atoms. The van der Waals surface area contributed by atoms with Crippen LogP contribution in [0.3, 0.4) is 0 Å². The Morgan fingerprint density at radius 1 is 0.905 bits per heavy atom. The largest absolute Gasteiger partial charge is 0.314 e. The maximum absolute atomic E-state index is 3.74. The first-order valence-electron chi connectivity index (χ1n) is 9.70. The van der Waals surface area contributed by atoms with Crippen molar-refractivity contribution in [3.8, 4) is 0 Å². The van der Waals surface area contributed by atoms with Crippen molar-refractivity contribution in [2.75, 3.05) is 6.54 Å². The predicted molar refractivity (Wildman–Crippen MR) is 93.4 cm³/mol. The molecule has 2 aliphatic rings. The summed E-state index contributed by atoms with van der Waals surface area (Å²) in [5.41, 5.74) is 0. The Balaban J connectivity index is 1.97. The van der Waals surface area contributed by atoms with Crippen molar-refractivity contribution in [3.05, 3.63) is 0 Å². The molecule has 1 N–H and O–H groups in total. The number of nitrogens with one attached hydrogen (secondary N) is 1. The van der Waals surface area contributed by atoms with E-state index in [4.69, 9.17) is 0 Å². The molecule has 1 nitrogen and oxygen atoms in total. The molecular formula is C20H39N. The van der Waals surface area contributed by atoms with Gasteiger partial charge in [0.2, 0.25) is 0 Å². The summed E-state index contributed by atoms with van der Waals surface area (Å²) in [5, 5.41) is 3.74. The lowest BCUT2D eigenvalue weighted by Crippen LogP contribution is -2.40. The highest BCUT2D eigenvalue weighted by Crippen LogP contribution is 2.45. The fourth-order valence-electron chi connectivity index (χ4n) is 4.84. The third-order valence-electron chi connectivity index (χ3n) is 6.49. The van der Waals surface area contributed by atoms with E-state index >= 15 is 0 Å². The molecule has 2 saturated carbocycles. The summed E-state index contributed by atoms with van der Waals surface area (Å²) in [5.74, 6) is 5.84. The van der Waals surface area contributed by atoms with Gasteiger partial charge in [-0.3, -0.25) is 0 Å². The summed E-state index contributed by atoms with van der Waals surface area (Å²) in [7, 11) is 0. The molecule has 2 fully saturated rings. The van der Waals surface area contributed by atoms with E-state index in [9.17, 15) is 0 Å². The highest BCUT2D eigenvalue weighted by Gasteiger charge is 2.37. The van der Waals surface area contributed by atoms with Crippen LogP contribution in [-0.2, 0) is 0 Å². The standard InChI is InChI=1S/C20H39N/c1-14(2)18-10-11-19(13-21-15(3)4)20(12-18)17-8-6-16(5)7-9-17/h14-21H,6-13H2,1-5H3. The van der Waals surface area contributed by atoms with Crippen molar-refractivity contribution in [2.45, 2.75) is 85.6 Å². The normalized spacial score (nSPS) is 38.1. The maximum Gasteiger partial charge on any atom is 0.00104 e. The molecule has 3 atom stereocenters. The van der Waals surface area contributed by atoms with Crippen molar-refractivity contribution in [3.63, 3.8) is 0 Å². The van der Waals surface area contributed by atoms with Crippen molar-refractivity contribution in [1.82, 2.24) is 5.32 Å². The Bertz CT molecular complexity index is 288. The lowest BCUT2D eigenvalue weighted by molar-refractivity contribution is 0.0703. The first-order chi connectivity index (χ1) is 9.97. The topological polar surface area (TPSA) is 12.0 Å². The van der Waals surface area contributed by atoms with E-state index in [1.54, 1.807) is 0 Å². The second kappa shape index (κ2) is 7.99. The minimum Gasteiger partial charge on any atom is -0.314 e. The van der Waals surface area contributed by atoms with Gasteiger partial charge in [0.1, 0.15) is 0 Å². The van der Waals surface area contributed by atoms with Crippen molar-refractivity contribution >= 4 is 0 Å². The monoisotopic (exact) mass is 293 g/mol. The molecule has 0 aliphatic heterocycles. The van der Waals surface area contributed by atoms with Gasteiger partial charge in [-0.1, -0.05) is 47.5 Å². The van der Waals surface area contributed by atoms with Crippen LogP contribution in [0.15, 0.2) is 0 Å². The zero-order valence-corrected chi connectivity index (χ0v) is 15.2. The summed E-state index contributed by atoms with van der Waals surface area (Å²) in [6.45, 7) is 13.2. The quantitative estimate of drug-likeness (QED) is 0.706. The van der Waals surface area contributed by atoms with E-state index in [1.165, 1.54) is 51.5 Å². The van der Waals surface area contributed by atoms with Crippen LogP contribution in [0.5, 0.6) is 0 Å². The van der Waals surface area contributed by atoms with E-state index in [0.717, 1.165) is 35.5 Å². The average Bonchev–Trinajstić information content (AvgIpc) is 2.45. The van der Waals surface area contributed by atoms with Gasteiger partial charge < -0.3 is 5.32 Å². The number of hydrogen-bond acceptors (Lipinski definition) is 1. The Hall–Kier alpha value is -0.0400. The average molecular weight is 294 g/mol. The van der Waals surface area contributed by atoms with Crippen molar-refractivity contribution < 1.29 is 0 Å². The summed E-state index contributed by atoms with van der Waals surface area (Å²) in [4.78, 5) is 0. The zero-order chi connectivity index (χ0) is 15.4. The highest BCUT2D eigenvalue weighted by molar-refractivity contribution is 4.88. The first-order valence-corrected chi connectivity index (χ1v) is 9.70. The van der Waals surface area contributed by atoms with Gasteiger partial charge >= 0.3 is 0 Å². The third kappa shape index (κ3) is 4.98. The van der Waals surface area contributed by atoms with Gasteiger partial charge in [0.05, 0.1) is 0 Å². The maximum atomic E-state index is 3.74. The van der Waals surface area contributed by atoms with Gasteiger partial charge in [0.15, 0.2) is 0 Å². The van der Waals surface area contributed by atoms with Crippen molar-refractivity contribution in [1.29, 1.82) is 0 Å². The number of hydrogen-bond donors (Lipinski definition) is 1. The smallest absolute Gasteiger partial charge is 0.00104 e. The first kappa shape index (κ1) is 17.3. The molecule has 0 aromatic heterocycles. The molecule has 1 heteroatoms. The summed E-state index contributed by atoms with van der Waals surface area (Å²) < 4.78 is 0. The van der Waals surface area contributed by atoms with Crippen LogP contribution < -0.4 is 5.32 Å². The summed E-state index contributed by atoms with van der Waals surface area (Å²) >= 11 is 0. The van der Waals surface area contributed by atoms with Gasteiger partial charge in [-0.25, -0.2) is 0 Å². The lowest BCUT2D eigenvalue weighted by Gasteiger charge is -2.44. The zero-order valence-electron chi connectivity index (χ0n) is 15.2. The molecule has 0 aromatic rings. The molecule has 0 bridgehead atoms. The molecular weight excluding hydrogens is 254 g/mol. The van der Waals surface area contributed by atoms with Crippen LogP contribution in [0.2, 0.25) is 0 Å². The van der Waals surface area contributed by atoms with E-state index in [-0.39, 0.29) is 0 Å². The minimum absolute atomic E-state index is 0.639. The van der Waals surface area contributed by atoms with Crippen molar-refractivity contribution in [2.24, 2.45) is 35.5 Å². The summed E-state index contributed by atoms with van der Waals surface area (Å²) in [6.07, 6.45) is 10.4. The molecule has 0 amide bonds. The van der Waals surface area contributed by atoms with Crippen LogP contribution in [0.4, 0.5) is 0 Å². The molecule has 3 unspecified atom stereocenters. The van der Waals surface area contributed by atoms with Gasteiger partial charge in [-0.15, -0.1) is 0 Å². The minimum atomic E-state index is 0.639. The van der Waals surface area contributed by atoms with Gasteiger partial charge in [-0.05, 0) is 74.2 Å². The second-order valence-electron chi connectivity index (χ2n) is 8.82. The fourth-order valence-corrected chi connectivity index (χ4v) is 4.84. The van der Waals surface area contributed by atoms with Gasteiger partial charge in [0.25, 0.3) is 0 Å². The molecule has 2 aliphatic carbocycles. The van der Waals surface area contributed by atoms with Crippen LogP contribution in [0.25, 0.3) is 0 Å². The predicted octanol–water partition coefficient (Wildman–Crippen LogP) is 5.50. The lowest BCUT2D eigenvalue weighted by atomic mass is 9.62. The molecule has 0 spiro atoms. The number of rotatable bonds is 5. The Morgan fingerprint density at radius 2 is 1.57 bits per heavy atom. The SMILES string of the molecule is CC1CCC(C2CC(C(C)C)CCC2CNC(C)C)CC1. The van der Waals surface area contributed by atoms with E-state index in [2.05, 4.69) is 39.9 Å². The van der Waals surface area contributed by atoms with Gasteiger partial charge in [-0.2, -0.15) is 0 Å². The molecule has 124 valence electrons.